The number of carbonyl (C=O) groups excluding carboxylic acids is 1. The van der Waals surface area contributed by atoms with Crippen LogP contribution in [0.25, 0.3) is 0 Å². The lowest BCUT2D eigenvalue weighted by atomic mass is 10.1. The van der Waals surface area contributed by atoms with Crippen LogP contribution in [0.4, 0.5) is 11.4 Å². The number of nitrogens with two attached hydrogens (primary N) is 1. The number of nitrogens with one attached hydrogen (secondary N) is 1. The van der Waals surface area contributed by atoms with Crippen LogP contribution in [0.3, 0.4) is 0 Å². The Morgan fingerprint density at radius 3 is 2.65 bits per heavy atom. The number of carbonyl (C=O) groups is 1. The van der Waals surface area contributed by atoms with Crippen molar-refractivity contribution < 1.29 is 9.53 Å². The summed E-state index contributed by atoms with van der Waals surface area (Å²) in [4.78, 5) is 11.9. The maximum atomic E-state index is 11.9. The van der Waals surface area contributed by atoms with Gasteiger partial charge in [-0.1, -0.05) is 25.7 Å². The Hall–Kier alpha value is -1.55. The number of aryl methyl sites for hydroxylation is 1. The number of ether oxygens (including phenoxy) is 1. The first-order valence-corrected chi connectivity index (χ1v) is 7.43. The van der Waals surface area contributed by atoms with Crippen molar-refractivity contribution in [3.8, 4) is 0 Å². The Bertz CT molecular complexity index is 452. The van der Waals surface area contributed by atoms with Crippen LogP contribution >= 0.6 is 0 Å². The molecule has 3 N–H and O–H groups in total. The highest BCUT2D eigenvalue weighted by Gasteiger charge is 2.14. The van der Waals surface area contributed by atoms with Crippen LogP contribution in [-0.4, -0.2) is 18.6 Å². The molecule has 0 bridgehead atoms. The van der Waals surface area contributed by atoms with E-state index < -0.39 is 0 Å². The van der Waals surface area contributed by atoms with Crippen LogP contribution in [0.15, 0.2) is 18.2 Å². The molecule has 1 aliphatic carbocycles. The summed E-state index contributed by atoms with van der Waals surface area (Å²) in [6, 6.07) is 5.46. The van der Waals surface area contributed by atoms with Crippen LogP contribution in [-0.2, 0) is 9.53 Å². The van der Waals surface area contributed by atoms with Crippen molar-refractivity contribution >= 4 is 17.3 Å². The zero-order chi connectivity index (χ0) is 14.4. The molecule has 0 atom stereocenters. The average Bonchev–Trinajstić information content (AvgIpc) is 2.68. The van der Waals surface area contributed by atoms with Gasteiger partial charge in [-0.05, 0) is 43.5 Å². The van der Waals surface area contributed by atoms with Gasteiger partial charge in [0.1, 0.15) is 6.61 Å². The first-order valence-electron chi connectivity index (χ1n) is 7.43. The Morgan fingerprint density at radius 2 is 2.00 bits per heavy atom. The molecule has 0 unspecified atom stereocenters. The van der Waals surface area contributed by atoms with Crippen molar-refractivity contribution in [3.63, 3.8) is 0 Å². The third kappa shape index (κ3) is 4.53. The lowest BCUT2D eigenvalue weighted by Crippen LogP contribution is -2.23. The second kappa shape index (κ2) is 7.29. The monoisotopic (exact) mass is 276 g/mol. The van der Waals surface area contributed by atoms with Crippen molar-refractivity contribution in [1.82, 2.24) is 0 Å². The minimum absolute atomic E-state index is 0.0953. The number of hydrogen-bond acceptors (Lipinski definition) is 3. The normalized spacial score (nSPS) is 16.6. The molecule has 0 radical (unpaired) electrons. The Balaban J connectivity index is 1.79. The van der Waals surface area contributed by atoms with E-state index in [1.54, 1.807) is 6.07 Å². The topological polar surface area (TPSA) is 64.3 Å². The fraction of sp³-hybridized carbons (Fsp3) is 0.562. The highest BCUT2D eigenvalue weighted by Crippen LogP contribution is 2.20. The second-order valence-electron chi connectivity index (χ2n) is 5.55. The van der Waals surface area contributed by atoms with Crippen LogP contribution < -0.4 is 11.1 Å². The molecule has 0 heterocycles. The summed E-state index contributed by atoms with van der Waals surface area (Å²) in [6.45, 7) is 2.06. The van der Waals surface area contributed by atoms with Gasteiger partial charge in [0.15, 0.2) is 0 Å². The van der Waals surface area contributed by atoms with Gasteiger partial charge in [-0.25, -0.2) is 0 Å². The standard InChI is InChI=1S/C16H24N2O2/c1-12-10-13(17)8-9-15(12)18-16(19)11-20-14-6-4-2-3-5-7-14/h8-10,14H,2-7,11,17H2,1H3,(H,18,19). The smallest absolute Gasteiger partial charge is 0.250 e. The number of anilines is 2. The molecule has 1 aliphatic rings. The van der Waals surface area contributed by atoms with Crippen LogP contribution in [0.5, 0.6) is 0 Å². The maximum absolute atomic E-state index is 11.9. The molecule has 1 aromatic carbocycles. The molecule has 110 valence electrons. The third-order valence-electron chi connectivity index (χ3n) is 3.78. The Kier molecular flexibility index (Phi) is 5.41. The summed E-state index contributed by atoms with van der Waals surface area (Å²) < 4.78 is 5.72. The average molecular weight is 276 g/mol. The van der Waals surface area contributed by atoms with Crippen molar-refractivity contribution in [1.29, 1.82) is 0 Å². The van der Waals surface area contributed by atoms with Crippen molar-refractivity contribution in [2.75, 3.05) is 17.7 Å². The number of hydrogen-bond donors (Lipinski definition) is 2. The van der Waals surface area contributed by atoms with Gasteiger partial charge in [0, 0.05) is 11.4 Å². The van der Waals surface area contributed by atoms with E-state index in [0.717, 1.165) is 24.1 Å². The van der Waals surface area contributed by atoms with Gasteiger partial charge in [0.2, 0.25) is 5.91 Å². The van der Waals surface area contributed by atoms with E-state index in [0.29, 0.717) is 5.69 Å². The zero-order valence-electron chi connectivity index (χ0n) is 12.2. The molecule has 4 heteroatoms. The van der Waals surface area contributed by atoms with Gasteiger partial charge < -0.3 is 15.8 Å². The molecule has 0 aliphatic heterocycles. The predicted octanol–water partition coefficient (Wildman–Crippen LogP) is 3.26. The minimum Gasteiger partial charge on any atom is -0.399 e. The van der Waals surface area contributed by atoms with Crippen LogP contribution in [0.1, 0.15) is 44.1 Å². The predicted molar refractivity (Wildman–Crippen MR) is 81.7 cm³/mol. The highest BCUT2D eigenvalue weighted by atomic mass is 16.5. The number of amides is 1. The van der Waals surface area contributed by atoms with E-state index in [2.05, 4.69) is 5.32 Å². The molecule has 0 saturated heterocycles. The van der Waals surface area contributed by atoms with Crippen molar-refractivity contribution in [3.05, 3.63) is 23.8 Å². The molecular formula is C16H24N2O2. The summed E-state index contributed by atoms with van der Waals surface area (Å²) in [5.74, 6) is -0.0953. The summed E-state index contributed by atoms with van der Waals surface area (Å²) in [5, 5.41) is 2.87. The van der Waals surface area contributed by atoms with Gasteiger partial charge >= 0.3 is 0 Å². The molecule has 1 fully saturated rings. The minimum atomic E-state index is -0.0953. The Labute approximate surface area is 120 Å². The molecule has 1 amide bonds. The summed E-state index contributed by atoms with van der Waals surface area (Å²) in [6.07, 6.45) is 7.40. The quantitative estimate of drug-likeness (QED) is 0.655. The van der Waals surface area contributed by atoms with E-state index in [-0.39, 0.29) is 18.6 Å². The first-order chi connectivity index (χ1) is 9.65. The van der Waals surface area contributed by atoms with Crippen LogP contribution in [0.2, 0.25) is 0 Å². The second-order valence-corrected chi connectivity index (χ2v) is 5.55. The van der Waals surface area contributed by atoms with E-state index >= 15 is 0 Å². The number of benzene rings is 1. The Morgan fingerprint density at radius 1 is 1.30 bits per heavy atom. The fourth-order valence-electron chi connectivity index (χ4n) is 2.62. The van der Waals surface area contributed by atoms with E-state index in [9.17, 15) is 4.79 Å². The maximum Gasteiger partial charge on any atom is 0.250 e. The summed E-state index contributed by atoms with van der Waals surface area (Å²) in [7, 11) is 0. The highest BCUT2D eigenvalue weighted by molar-refractivity contribution is 5.92. The van der Waals surface area contributed by atoms with Gasteiger partial charge in [-0.2, -0.15) is 0 Å². The first kappa shape index (κ1) is 14.9. The van der Waals surface area contributed by atoms with Gasteiger partial charge in [0.25, 0.3) is 0 Å². The van der Waals surface area contributed by atoms with E-state index in [1.807, 2.05) is 19.1 Å². The largest absolute Gasteiger partial charge is 0.399 e. The molecule has 1 saturated carbocycles. The zero-order valence-corrected chi connectivity index (χ0v) is 12.2. The molecule has 0 spiro atoms. The van der Waals surface area contributed by atoms with Crippen LogP contribution in [0, 0.1) is 6.92 Å². The van der Waals surface area contributed by atoms with Crippen molar-refractivity contribution in [2.45, 2.75) is 51.6 Å². The molecule has 1 aromatic rings. The molecular weight excluding hydrogens is 252 g/mol. The lowest BCUT2D eigenvalue weighted by Gasteiger charge is -2.15. The summed E-state index contributed by atoms with van der Waals surface area (Å²) in [5.41, 5.74) is 8.16. The summed E-state index contributed by atoms with van der Waals surface area (Å²) >= 11 is 0. The molecule has 2 rings (SSSR count). The van der Waals surface area contributed by atoms with E-state index in [1.165, 1.54) is 25.7 Å². The lowest BCUT2D eigenvalue weighted by molar-refractivity contribution is -0.122. The number of nitrogen functional groups attached to an aromatic ring is 1. The van der Waals surface area contributed by atoms with E-state index in [4.69, 9.17) is 10.5 Å². The van der Waals surface area contributed by atoms with Gasteiger partial charge in [0.05, 0.1) is 6.10 Å². The molecule has 0 aromatic heterocycles. The van der Waals surface area contributed by atoms with Gasteiger partial charge in [-0.15, -0.1) is 0 Å². The molecule has 4 nitrogen and oxygen atoms in total. The SMILES string of the molecule is Cc1cc(N)ccc1NC(=O)COC1CCCCCC1. The van der Waals surface area contributed by atoms with Crippen molar-refractivity contribution in [2.24, 2.45) is 0 Å². The van der Waals surface area contributed by atoms with Gasteiger partial charge in [-0.3, -0.25) is 4.79 Å². The fourth-order valence-corrected chi connectivity index (χ4v) is 2.62. The molecule has 20 heavy (non-hydrogen) atoms. The number of rotatable bonds is 4. The third-order valence-corrected chi connectivity index (χ3v) is 3.78.